The largest absolute Gasteiger partial charge is 0.338 e. The van der Waals surface area contributed by atoms with Gasteiger partial charge >= 0.3 is 0 Å². The predicted molar refractivity (Wildman–Crippen MR) is 127 cm³/mol. The van der Waals surface area contributed by atoms with Gasteiger partial charge in [0.15, 0.2) is 0 Å². The highest BCUT2D eigenvalue weighted by molar-refractivity contribution is 7.92. The van der Waals surface area contributed by atoms with Gasteiger partial charge in [-0.1, -0.05) is 48.5 Å². The molecule has 2 N–H and O–H groups in total. The summed E-state index contributed by atoms with van der Waals surface area (Å²) in [5, 5.41) is 2.99. The number of hydrogen-bond donors (Lipinski definition) is 2. The lowest BCUT2D eigenvalue weighted by Crippen LogP contribution is -2.31. The lowest BCUT2D eigenvalue weighted by molar-refractivity contribution is 0.0941. The summed E-state index contributed by atoms with van der Waals surface area (Å²) in [6, 6.07) is 22.0. The monoisotopic (exact) mass is 460 g/mol. The summed E-state index contributed by atoms with van der Waals surface area (Å²) in [5.74, 6) is 0.263. The molecule has 168 valence electrons. The van der Waals surface area contributed by atoms with Gasteiger partial charge in [0.05, 0.1) is 4.90 Å². The molecule has 0 fully saturated rings. The zero-order valence-electron chi connectivity index (χ0n) is 18.3. The fourth-order valence-electron chi connectivity index (χ4n) is 3.54. The third kappa shape index (κ3) is 5.12. The van der Waals surface area contributed by atoms with Gasteiger partial charge in [-0.2, -0.15) is 0 Å². The van der Waals surface area contributed by atoms with Crippen LogP contribution in [0.15, 0.2) is 96.2 Å². The van der Waals surface area contributed by atoms with E-state index in [0.717, 1.165) is 11.1 Å². The first-order valence-electron chi connectivity index (χ1n) is 10.4. The Morgan fingerprint density at radius 3 is 2.42 bits per heavy atom. The summed E-state index contributed by atoms with van der Waals surface area (Å²) < 4.78 is 30.2. The summed E-state index contributed by atoms with van der Waals surface area (Å²) in [5.41, 5.74) is 2.50. The molecule has 33 heavy (non-hydrogen) atoms. The van der Waals surface area contributed by atoms with Crippen molar-refractivity contribution in [2.24, 2.45) is 7.05 Å². The summed E-state index contributed by atoms with van der Waals surface area (Å²) in [4.78, 5) is 17.6. The average Bonchev–Trinajstić information content (AvgIpc) is 3.23. The van der Waals surface area contributed by atoms with Crippen molar-refractivity contribution in [1.82, 2.24) is 14.9 Å². The van der Waals surface area contributed by atoms with Gasteiger partial charge in [0.2, 0.25) is 0 Å². The van der Waals surface area contributed by atoms with E-state index in [2.05, 4.69) is 15.0 Å². The molecule has 7 nitrogen and oxygen atoms in total. The third-order valence-electron chi connectivity index (χ3n) is 5.20. The number of benzene rings is 3. The number of carbonyl (C=O) groups excluding carboxylic acids is 1. The Kier molecular flexibility index (Phi) is 6.28. The van der Waals surface area contributed by atoms with E-state index in [0.29, 0.717) is 11.5 Å². The predicted octanol–water partition coefficient (Wildman–Crippen LogP) is 4.05. The van der Waals surface area contributed by atoms with Crippen molar-refractivity contribution < 1.29 is 13.2 Å². The van der Waals surface area contributed by atoms with Gasteiger partial charge in [0, 0.05) is 30.7 Å². The van der Waals surface area contributed by atoms with E-state index in [1.165, 1.54) is 12.1 Å². The van der Waals surface area contributed by atoms with Crippen LogP contribution in [0.2, 0.25) is 0 Å². The number of rotatable bonds is 7. The molecular weight excluding hydrogens is 436 g/mol. The molecule has 1 atom stereocenters. The summed E-state index contributed by atoms with van der Waals surface area (Å²) in [6.45, 7) is 1.88. The Morgan fingerprint density at radius 1 is 0.970 bits per heavy atom. The molecule has 0 aliphatic rings. The molecule has 4 rings (SSSR count). The molecule has 0 radical (unpaired) electrons. The average molecular weight is 461 g/mol. The molecule has 8 heteroatoms. The Labute approximate surface area is 193 Å². The van der Waals surface area contributed by atoms with E-state index in [9.17, 15) is 13.2 Å². The van der Waals surface area contributed by atoms with Crippen LogP contribution in [0.25, 0.3) is 0 Å². The van der Waals surface area contributed by atoms with E-state index >= 15 is 0 Å². The van der Waals surface area contributed by atoms with Crippen LogP contribution in [0, 0.1) is 6.92 Å². The molecule has 1 unspecified atom stereocenters. The van der Waals surface area contributed by atoms with Crippen molar-refractivity contribution in [2.45, 2.75) is 17.9 Å². The molecule has 0 saturated carbocycles. The summed E-state index contributed by atoms with van der Waals surface area (Å²) in [6.07, 6.45) is 3.48. The quantitative estimate of drug-likeness (QED) is 0.435. The second-order valence-electron chi connectivity index (χ2n) is 7.72. The smallest absolute Gasteiger partial charge is 0.261 e. The maximum absolute atomic E-state index is 13.2. The molecule has 1 amide bonds. The topological polar surface area (TPSA) is 93.1 Å². The van der Waals surface area contributed by atoms with Gasteiger partial charge in [0.25, 0.3) is 15.9 Å². The van der Waals surface area contributed by atoms with Crippen molar-refractivity contribution in [1.29, 1.82) is 0 Å². The normalized spacial score (nSPS) is 12.2. The zero-order valence-corrected chi connectivity index (χ0v) is 19.1. The van der Waals surface area contributed by atoms with Gasteiger partial charge < -0.3 is 9.88 Å². The minimum Gasteiger partial charge on any atom is -0.338 e. The van der Waals surface area contributed by atoms with Crippen molar-refractivity contribution in [3.8, 4) is 0 Å². The maximum Gasteiger partial charge on any atom is 0.261 e. The van der Waals surface area contributed by atoms with Crippen LogP contribution in [-0.4, -0.2) is 23.9 Å². The molecule has 3 aromatic carbocycles. The lowest BCUT2D eigenvalue weighted by Gasteiger charge is -2.19. The van der Waals surface area contributed by atoms with Crippen LogP contribution in [0.4, 0.5) is 5.69 Å². The second-order valence-corrected chi connectivity index (χ2v) is 9.40. The van der Waals surface area contributed by atoms with Crippen LogP contribution < -0.4 is 10.0 Å². The third-order valence-corrected chi connectivity index (χ3v) is 6.58. The van der Waals surface area contributed by atoms with Gasteiger partial charge in [0.1, 0.15) is 11.9 Å². The van der Waals surface area contributed by atoms with Gasteiger partial charge in [-0.05, 0) is 48.4 Å². The van der Waals surface area contributed by atoms with Crippen molar-refractivity contribution in [2.75, 3.05) is 4.72 Å². The number of anilines is 1. The zero-order chi connectivity index (χ0) is 23.4. The van der Waals surface area contributed by atoms with Crippen molar-refractivity contribution in [3.05, 3.63) is 114 Å². The van der Waals surface area contributed by atoms with E-state index in [-0.39, 0.29) is 10.5 Å². The number of aryl methyl sites for hydroxylation is 2. The fraction of sp³-hybridized carbons (Fsp3) is 0.120. The highest BCUT2D eigenvalue weighted by atomic mass is 32.2. The number of aromatic nitrogens is 2. The number of amides is 1. The molecule has 0 aliphatic heterocycles. The van der Waals surface area contributed by atoms with Crippen LogP contribution >= 0.6 is 0 Å². The van der Waals surface area contributed by atoms with Crippen LogP contribution in [-0.2, 0) is 17.1 Å². The first-order chi connectivity index (χ1) is 15.8. The molecule has 1 heterocycles. The second kappa shape index (κ2) is 9.30. The van der Waals surface area contributed by atoms with Crippen molar-refractivity contribution in [3.63, 3.8) is 0 Å². The maximum atomic E-state index is 13.2. The highest BCUT2D eigenvalue weighted by Crippen LogP contribution is 2.22. The molecule has 4 aromatic rings. The standard InChI is InChI=1S/C25H24N4O3S/c1-18-8-6-12-21(16-18)28-33(31,32)22-13-7-11-20(17-22)25(30)27-23(19-9-4-3-5-10-19)24-26-14-15-29(24)2/h3-17,23,28H,1-2H3,(H,27,30). The van der Waals surface area contributed by atoms with Crippen molar-refractivity contribution >= 4 is 21.6 Å². The Morgan fingerprint density at radius 2 is 1.73 bits per heavy atom. The number of carbonyl (C=O) groups is 1. The highest BCUT2D eigenvalue weighted by Gasteiger charge is 2.22. The lowest BCUT2D eigenvalue weighted by atomic mass is 10.1. The number of nitrogens with zero attached hydrogens (tertiary/aromatic N) is 2. The molecule has 0 spiro atoms. The number of sulfonamides is 1. The Balaban J connectivity index is 1.61. The van der Waals surface area contributed by atoms with E-state index in [4.69, 9.17) is 0 Å². The van der Waals surface area contributed by atoms with Gasteiger partial charge in [-0.3, -0.25) is 9.52 Å². The number of imidazole rings is 1. The number of nitrogens with one attached hydrogen (secondary N) is 2. The fourth-order valence-corrected chi connectivity index (χ4v) is 4.63. The molecule has 0 saturated heterocycles. The molecule has 1 aromatic heterocycles. The van der Waals surface area contributed by atoms with E-state index in [1.807, 2.05) is 61.1 Å². The van der Waals surface area contributed by atoms with Crippen LogP contribution in [0.3, 0.4) is 0 Å². The minimum absolute atomic E-state index is 0.00455. The first-order valence-corrected chi connectivity index (χ1v) is 11.8. The summed E-state index contributed by atoms with van der Waals surface area (Å²) >= 11 is 0. The SMILES string of the molecule is Cc1cccc(NS(=O)(=O)c2cccc(C(=O)NC(c3ccccc3)c3nccn3C)c2)c1. The van der Waals surface area contributed by atoms with Crippen LogP contribution in [0.5, 0.6) is 0 Å². The minimum atomic E-state index is -3.86. The van der Waals surface area contributed by atoms with E-state index < -0.39 is 22.0 Å². The first kappa shape index (κ1) is 22.3. The Bertz CT molecular complexity index is 1380. The summed E-state index contributed by atoms with van der Waals surface area (Å²) in [7, 11) is -2.01. The van der Waals surface area contributed by atoms with Crippen LogP contribution in [0.1, 0.15) is 33.4 Å². The molecule has 0 bridgehead atoms. The molecule has 0 aliphatic carbocycles. The van der Waals surface area contributed by atoms with Gasteiger partial charge in [-0.15, -0.1) is 0 Å². The number of hydrogen-bond acceptors (Lipinski definition) is 4. The molecular formula is C25H24N4O3S. The van der Waals surface area contributed by atoms with Gasteiger partial charge in [-0.25, -0.2) is 13.4 Å². The van der Waals surface area contributed by atoms with E-state index in [1.54, 1.807) is 36.5 Å². The Hall–Kier alpha value is -3.91.